The summed E-state index contributed by atoms with van der Waals surface area (Å²) >= 11 is 0. The van der Waals surface area contributed by atoms with Gasteiger partial charge in [-0.15, -0.1) is 0 Å². The van der Waals surface area contributed by atoms with Gasteiger partial charge < -0.3 is 10.0 Å². The van der Waals surface area contributed by atoms with Crippen LogP contribution < -0.4 is 4.90 Å². The summed E-state index contributed by atoms with van der Waals surface area (Å²) in [6.07, 6.45) is 3.98. The van der Waals surface area contributed by atoms with Crippen molar-refractivity contribution in [1.82, 2.24) is 0 Å². The van der Waals surface area contributed by atoms with E-state index >= 15 is 0 Å². The van der Waals surface area contributed by atoms with Crippen LogP contribution in [0.5, 0.6) is 5.75 Å². The Morgan fingerprint density at radius 2 is 2.00 bits per heavy atom. The number of hydrogen-bond donors (Lipinski definition) is 1. The molecule has 1 aromatic rings. The van der Waals surface area contributed by atoms with Crippen LogP contribution in [0.15, 0.2) is 24.3 Å². The summed E-state index contributed by atoms with van der Waals surface area (Å²) in [4.78, 5) is 13.8. The molecule has 0 aliphatic heterocycles. The number of carbonyl (C=O) groups is 1. The first kappa shape index (κ1) is 12.0. The highest BCUT2D eigenvalue weighted by Gasteiger charge is 2.23. The van der Waals surface area contributed by atoms with Crippen LogP contribution in [0.2, 0.25) is 0 Å². The predicted molar refractivity (Wildman–Crippen MR) is 68.3 cm³/mol. The zero-order valence-electron chi connectivity index (χ0n) is 10.2. The van der Waals surface area contributed by atoms with Crippen molar-refractivity contribution in [2.75, 3.05) is 18.5 Å². The molecule has 1 aromatic carbocycles. The van der Waals surface area contributed by atoms with Crippen molar-refractivity contribution in [2.24, 2.45) is 5.92 Å². The number of aromatic hydroxyl groups is 1. The normalized spacial score (nSPS) is 20.3. The molecule has 1 fully saturated rings. The molecule has 0 aromatic heterocycles. The second kappa shape index (κ2) is 5.21. The molecule has 0 heterocycles. The van der Waals surface area contributed by atoms with Gasteiger partial charge in [0.25, 0.3) is 0 Å². The summed E-state index contributed by atoms with van der Waals surface area (Å²) in [5, 5.41) is 9.23. The lowest BCUT2D eigenvalue weighted by molar-refractivity contribution is -0.124. The number of phenolic OH excluding ortho intramolecular Hbond substituents is 1. The van der Waals surface area contributed by atoms with Crippen LogP contribution in [0, 0.1) is 5.92 Å². The van der Waals surface area contributed by atoms with Gasteiger partial charge in [0.2, 0.25) is 0 Å². The summed E-state index contributed by atoms with van der Waals surface area (Å²) in [5.74, 6) is 0.861. The first-order chi connectivity index (χ1) is 8.16. The fourth-order valence-corrected chi connectivity index (χ4v) is 2.39. The molecule has 1 atom stereocenters. The molecule has 0 amide bonds. The minimum absolute atomic E-state index is 0.183. The molecule has 2 rings (SSSR count). The van der Waals surface area contributed by atoms with Crippen LogP contribution in [-0.4, -0.2) is 24.5 Å². The maximum absolute atomic E-state index is 11.7. The largest absolute Gasteiger partial charge is 0.508 e. The number of ketones is 1. The topological polar surface area (TPSA) is 40.5 Å². The van der Waals surface area contributed by atoms with Crippen molar-refractivity contribution in [3.63, 3.8) is 0 Å². The molecular formula is C14H19NO2. The molecule has 1 N–H and O–H groups in total. The Hall–Kier alpha value is -1.51. The monoisotopic (exact) mass is 233 g/mol. The number of nitrogens with zero attached hydrogens (tertiary/aromatic N) is 1. The Morgan fingerprint density at radius 3 is 2.65 bits per heavy atom. The highest BCUT2D eigenvalue weighted by Crippen LogP contribution is 2.24. The Balaban J connectivity index is 1.98. The number of hydrogen-bond acceptors (Lipinski definition) is 3. The molecule has 3 heteroatoms. The van der Waals surface area contributed by atoms with E-state index in [1.165, 1.54) is 6.42 Å². The zero-order valence-corrected chi connectivity index (χ0v) is 10.2. The third kappa shape index (κ3) is 2.99. The van der Waals surface area contributed by atoms with Crippen LogP contribution in [-0.2, 0) is 4.79 Å². The number of benzene rings is 1. The molecule has 1 aliphatic carbocycles. The number of carbonyl (C=O) groups excluding carboxylic acids is 1. The lowest BCUT2D eigenvalue weighted by atomic mass is 9.87. The Kier molecular flexibility index (Phi) is 3.67. The number of anilines is 1. The van der Waals surface area contributed by atoms with E-state index in [2.05, 4.69) is 4.90 Å². The van der Waals surface area contributed by atoms with E-state index in [9.17, 15) is 9.90 Å². The van der Waals surface area contributed by atoms with E-state index in [-0.39, 0.29) is 11.7 Å². The molecule has 0 spiro atoms. The van der Waals surface area contributed by atoms with E-state index in [1.807, 2.05) is 19.2 Å². The standard InChI is InChI=1S/C14H19NO2/c1-15(12-6-8-13(16)9-7-12)10-11-4-2-3-5-14(11)17/h6-9,11,16H,2-5,10H2,1H3. The molecular weight excluding hydrogens is 214 g/mol. The minimum Gasteiger partial charge on any atom is -0.508 e. The first-order valence-electron chi connectivity index (χ1n) is 6.19. The van der Waals surface area contributed by atoms with Crippen LogP contribution >= 0.6 is 0 Å². The van der Waals surface area contributed by atoms with Crippen LogP contribution in [0.4, 0.5) is 5.69 Å². The van der Waals surface area contributed by atoms with Gasteiger partial charge in [-0.2, -0.15) is 0 Å². The Morgan fingerprint density at radius 1 is 1.29 bits per heavy atom. The lowest BCUT2D eigenvalue weighted by Crippen LogP contribution is -2.32. The maximum atomic E-state index is 11.7. The van der Waals surface area contributed by atoms with Crippen molar-refractivity contribution in [3.05, 3.63) is 24.3 Å². The van der Waals surface area contributed by atoms with Crippen molar-refractivity contribution < 1.29 is 9.90 Å². The third-order valence-corrected chi connectivity index (χ3v) is 3.47. The van der Waals surface area contributed by atoms with Crippen LogP contribution in [0.3, 0.4) is 0 Å². The molecule has 0 bridgehead atoms. The van der Waals surface area contributed by atoms with Crippen molar-refractivity contribution in [2.45, 2.75) is 25.7 Å². The van der Waals surface area contributed by atoms with E-state index in [0.717, 1.165) is 31.5 Å². The van der Waals surface area contributed by atoms with Crippen LogP contribution in [0.25, 0.3) is 0 Å². The molecule has 0 saturated heterocycles. The average Bonchev–Trinajstić information content (AvgIpc) is 2.33. The molecule has 0 radical (unpaired) electrons. The van der Waals surface area contributed by atoms with Crippen molar-refractivity contribution >= 4 is 11.5 Å². The summed E-state index contributed by atoms with van der Waals surface area (Å²) in [7, 11) is 1.99. The quantitative estimate of drug-likeness (QED) is 0.872. The predicted octanol–water partition coefficient (Wildman–Crippen LogP) is 2.59. The van der Waals surface area contributed by atoms with E-state index in [4.69, 9.17) is 0 Å². The lowest BCUT2D eigenvalue weighted by Gasteiger charge is -2.27. The Bertz CT molecular complexity index is 386. The van der Waals surface area contributed by atoms with Gasteiger partial charge in [0.1, 0.15) is 11.5 Å². The minimum atomic E-state index is 0.183. The molecule has 17 heavy (non-hydrogen) atoms. The maximum Gasteiger partial charge on any atom is 0.137 e. The van der Waals surface area contributed by atoms with Crippen molar-refractivity contribution in [1.29, 1.82) is 0 Å². The van der Waals surface area contributed by atoms with Gasteiger partial charge in [0.05, 0.1) is 0 Å². The van der Waals surface area contributed by atoms with Gasteiger partial charge >= 0.3 is 0 Å². The highest BCUT2D eigenvalue weighted by atomic mass is 16.3. The molecule has 1 aliphatic rings. The number of rotatable bonds is 3. The summed E-state index contributed by atoms with van der Waals surface area (Å²) in [5.41, 5.74) is 1.04. The summed E-state index contributed by atoms with van der Waals surface area (Å²) < 4.78 is 0. The fraction of sp³-hybridized carbons (Fsp3) is 0.500. The summed E-state index contributed by atoms with van der Waals surface area (Å²) in [6.45, 7) is 0.781. The van der Waals surface area contributed by atoms with Gasteiger partial charge in [-0.3, -0.25) is 4.79 Å². The molecule has 1 unspecified atom stereocenters. The van der Waals surface area contributed by atoms with Crippen LogP contribution in [0.1, 0.15) is 25.7 Å². The average molecular weight is 233 g/mol. The van der Waals surface area contributed by atoms with Gasteiger partial charge in [0.15, 0.2) is 0 Å². The highest BCUT2D eigenvalue weighted by molar-refractivity contribution is 5.82. The third-order valence-electron chi connectivity index (χ3n) is 3.47. The molecule has 1 saturated carbocycles. The van der Waals surface area contributed by atoms with E-state index in [1.54, 1.807) is 12.1 Å². The van der Waals surface area contributed by atoms with Crippen molar-refractivity contribution in [3.8, 4) is 5.75 Å². The second-order valence-corrected chi connectivity index (χ2v) is 4.81. The van der Waals surface area contributed by atoms with Gasteiger partial charge in [-0.25, -0.2) is 0 Å². The molecule has 92 valence electrons. The smallest absolute Gasteiger partial charge is 0.137 e. The van der Waals surface area contributed by atoms with Gasteiger partial charge in [-0.1, -0.05) is 6.42 Å². The number of phenols is 1. The Labute approximate surface area is 102 Å². The number of Topliss-reactive ketones (excluding diaryl/α,β-unsaturated/α-hetero) is 1. The van der Waals surface area contributed by atoms with Gasteiger partial charge in [0, 0.05) is 31.6 Å². The summed E-state index contributed by atoms with van der Waals surface area (Å²) in [6, 6.07) is 7.11. The fourth-order valence-electron chi connectivity index (χ4n) is 2.39. The van der Waals surface area contributed by atoms with Gasteiger partial charge in [-0.05, 0) is 37.1 Å². The SMILES string of the molecule is CN(CC1CCCCC1=O)c1ccc(O)cc1. The zero-order chi connectivity index (χ0) is 12.3. The van der Waals surface area contributed by atoms with E-state index < -0.39 is 0 Å². The van der Waals surface area contributed by atoms with E-state index in [0.29, 0.717) is 5.78 Å². The molecule has 3 nitrogen and oxygen atoms in total. The first-order valence-corrected chi connectivity index (χ1v) is 6.19. The second-order valence-electron chi connectivity index (χ2n) is 4.81.